The van der Waals surface area contributed by atoms with Gasteiger partial charge in [-0.2, -0.15) is 0 Å². The number of hydrogen-bond acceptors (Lipinski definition) is 2. The number of aryl methyl sites for hydroxylation is 1. The summed E-state index contributed by atoms with van der Waals surface area (Å²) >= 11 is 7.57. The van der Waals surface area contributed by atoms with E-state index in [9.17, 15) is 4.79 Å². The summed E-state index contributed by atoms with van der Waals surface area (Å²) in [6.07, 6.45) is 22.0. The first-order chi connectivity index (χ1) is 14.2. The number of benzene rings is 1. The van der Waals surface area contributed by atoms with Gasteiger partial charge >= 0.3 is 0 Å². The van der Waals surface area contributed by atoms with Gasteiger partial charge < -0.3 is 0 Å². The number of fused-ring (bicyclic) bond motifs is 1. The fourth-order valence-corrected chi connectivity index (χ4v) is 5.18. The van der Waals surface area contributed by atoms with Gasteiger partial charge in [0, 0.05) is 11.6 Å². The SMILES string of the molecule is CCCCCCCCCCCCCCCCCCn1sc2ccc(Cl)cc2c1=O. The van der Waals surface area contributed by atoms with Crippen LogP contribution in [0, 0.1) is 0 Å². The second-order valence-corrected chi connectivity index (χ2v) is 9.94. The highest BCUT2D eigenvalue weighted by molar-refractivity contribution is 7.13. The third-order valence-electron chi connectivity index (χ3n) is 5.82. The predicted molar refractivity (Wildman–Crippen MR) is 131 cm³/mol. The molecule has 4 heteroatoms. The molecule has 1 aromatic heterocycles. The van der Waals surface area contributed by atoms with Gasteiger partial charge in [-0.3, -0.25) is 8.75 Å². The molecular weight excluding hydrogens is 398 g/mol. The number of hydrogen-bond donors (Lipinski definition) is 0. The van der Waals surface area contributed by atoms with Crippen LogP contribution in [0.5, 0.6) is 0 Å². The summed E-state index contributed by atoms with van der Waals surface area (Å²) < 4.78 is 2.93. The Bertz CT molecular complexity index is 736. The van der Waals surface area contributed by atoms with Crippen molar-refractivity contribution < 1.29 is 0 Å². The maximum Gasteiger partial charge on any atom is 0.268 e. The molecule has 0 aliphatic rings. The summed E-state index contributed by atoms with van der Waals surface area (Å²) in [5, 5.41) is 1.40. The van der Waals surface area contributed by atoms with Crippen LogP contribution in [0.3, 0.4) is 0 Å². The van der Waals surface area contributed by atoms with Crippen LogP contribution in [-0.2, 0) is 6.54 Å². The first-order valence-corrected chi connectivity index (χ1v) is 13.2. The third kappa shape index (κ3) is 9.70. The standard InChI is InChI=1S/C25H40ClNOS/c1-2-3-4-5-6-7-8-9-10-11-12-13-14-15-16-17-20-27-25(28)23-21-22(26)18-19-24(23)29-27/h18-19,21H,2-17,20H2,1H3. The van der Waals surface area contributed by atoms with Crippen molar-refractivity contribution in [3.8, 4) is 0 Å². The fraction of sp³-hybridized carbons (Fsp3) is 0.720. The van der Waals surface area contributed by atoms with Crippen LogP contribution in [-0.4, -0.2) is 3.96 Å². The van der Waals surface area contributed by atoms with Gasteiger partial charge in [-0.05, 0) is 24.6 Å². The van der Waals surface area contributed by atoms with Crippen molar-refractivity contribution >= 4 is 33.2 Å². The van der Waals surface area contributed by atoms with Crippen LogP contribution < -0.4 is 5.56 Å². The van der Waals surface area contributed by atoms with Gasteiger partial charge in [-0.25, -0.2) is 0 Å². The normalized spacial score (nSPS) is 11.5. The van der Waals surface area contributed by atoms with Gasteiger partial charge in [0.1, 0.15) is 0 Å². The lowest BCUT2D eigenvalue weighted by atomic mass is 10.0. The van der Waals surface area contributed by atoms with Crippen LogP contribution in [0.2, 0.25) is 5.02 Å². The Kier molecular flexibility index (Phi) is 12.7. The second-order valence-electron chi connectivity index (χ2n) is 8.44. The number of nitrogens with zero attached hydrogens (tertiary/aromatic N) is 1. The number of aromatic nitrogens is 1. The largest absolute Gasteiger partial charge is 0.268 e. The zero-order valence-electron chi connectivity index (χ0n) is 18.4. The Morgan fingerprint density at radius 2 is 1.24 bits per heavy atom. The van der Waals surface area contributed by atoms with Gasteiger partial charge in [0.15, 0.2) is 0 Å². The maximum absolute atomic E-state index is 12.4. The van der Waals surface area contributed by atoms with E-state index in [2.05, 4.69) is 6.92 Å². The highest BCUT2D eigenvalue weighted by atomic mass is 35.5. The molecule has 164 valence electrons. The summed E-state index contributed by atoms with van der Waals surface area (Å²) in [5.41, 5.74) is 0.119. The molecule has 1 aromatic carbocycles. The van der Waals surface area contributed by atoms with Gasteiger partial charge in [-0.1, -0.05) is 126 Å². The summed E-state index contributed by atoms with van der Waals surface area (Å²) in [7, 11) is 0. The molecule has 2 nitrogen and oxygen atoms in total. The van der Waals surface area contributed by atoms with Crippen LogP contribution in [0.25, 0.3) is 10.1 Å². The average molecular weight is 438 g/mol. The topological polar surface area (TPSA) is 22.0 Å². The van der Waals surface area contributed by atoms with Crippen molar-refractivity contribution in [2.24, 2.45) is 0 Å². The molecular formula is C25H40ClNOS. The van der Waals surface area contributed by atoms with E-state index in [0.717, 1.165) is 23.1 Å². The summed E-state index contributed by atoms with van der Waals surface area (Å²) in [6.45, 7) is 3.13. The minimum atomic E-state index is 0.119. The summed E-state index contributed by atoms with van der Waals surface area (Å²) in [4.78, 5) is 12.4. The van der Waals surface area contributed by atoms with E-state index < -0.39 is 0 Å². The molecule has 0 bridgehead atoms. The van der Waals surface area contributed by atoms with E-state index >= 15 is 0 Å². The molecule has 0 fully saturated rings. The molecule has 0 radical (unpaired) electrons. The molecule has 0 amide bonds. The minimum absolute atomic E-state index is 0.119. The second kappa shape index (κ2) is 15.1. The lowest BCUT2D eigenvalue weighted by molar-refractivity contribution is 0.523. The molecule has 0 unspecified atom stereocenters. The minimum Gasteiger partial charge on any atom is -0.268 e. The maximum atomic E-state index is 12.4. The van der Waals surface area contributed by atoms with Crippen molar-refractivity contribution in [3.63, 3.8) is 0 Å². The Balaban J connectivity index is 1.40. The molecule has 0 aliphatic heterocycles. The van der Waals surface area contributed by atoms with Gasteiger partial charge in [0.05, 0.1) is 10.1 Å². The molecule has 0 aliphatic carbocycles. The Morgan fingerprint density at radius 3 is 1.76 bits per heavy atom. The summed E-state index contributed by atoms with van der Waals surface area (Å²) in [6, 6.07) is 5.60. The molecule has 1 heterocycles. The van der Waals surface area contributed by atoms with E-state index in [1.165, 1.54) is 96.3 Å². The molecule has 0 spiro atoms. The van der Waals surface area contributed by atoms with Crippen LogP contribution in [0.4, 0.5) is 0 Å². The van der Waals surface area contributed by atoms with Crippen molar-refractivity contribution in [1.82, 2.24) is 3.96 Å². The monoisotopic (exact) mass is 437 g/mol. The van der Waals surface area contributed by atoms with Crippen LogP contribution in [0.1, 0.15) is 110 Å². The van der Waals surface area contributed by atoms with E-state index in [0.29, 0.717) is 5.02 Å². The molecule has 0 saturated carbocycles. The Hall–Kier alpha value is -0.800. The van der Waals surface area contributed by atoms with Crippen molar-refractivity contribution in [2.75, 3.05) is 0 Å². The van der Waals surface area contributed by atoms with E-state index in [-0.39, 0.29) is 5.56 Å². The lowest BCUT2D eigenvalue weighted by Crippen LogP contribution is -2.12. The zero-order valence-corrected chi connectivity index (χ0v) is 20.0. The van der Waals surface area contributed by atoms with Crippen LogP contribution in [0.15, 0.2) is 23.0 Å². The van der Waals surface area contributed by atoms with E-state index in [1.807, 2.05) is 16.1 Å². The van der Waals surface area contributed by atoms with E-state index in [1.54, 1.807) is 17.6 Å². The Labute approximate surface area is 186 Å². The van der Waals surface area contributed by atoms with Crippen molar-refractivity contribution in [3.05, 3.63) is 33.6 Å². The van der Waals surface area contributed by atoms with Gasteiger partial charge in [0.25, 0.3) is 5.56 Å². The fourth-order valence-electron chi connectivity index (χ4n) is 3.99. The lowest BCUT2D eigenvalue weighted by Gasteiger charge is -2.04. The highest BCUT2D eigenvalue weighted by Crippen LogP contribution is 2.21. The third-order valence-corrected chi connectivity index (χ3v) is 7.18. The first kappa shape index (κ1) is 24.5. The van der Waals surface area contributed by atoms with E-state index in [4.69, 9.17) is 11.6 Å². The van der Waals surface area contributed by atoms with Crippen molar-refractivity contribution in [1.29, 1.82) is 0 Å². The van der Waals surface area contributed by atoms with Gasteiger partial charge in [-0.15, -0.1) is 0 Å². The number of rotatable bonds is 17. The number of unbranched alkanes of at least 4 members (excludes halogenated alkanes) is 15. The summed E-state index contributed by atoms with van der Waals surface area (Å²) in [5.74, 6) is 0. The van der Waals surface area contributed by atoms with Gasteiger partial charge in [0.2, 0.25) is 0 Å². The van der Waals surface area contributed by atoms with Crippen LogP contribution >= 0.6 is 23.1 Å². The quantitative estimate of drug-likeness (QED) is 0.226. The molecule has 2 aromatic rings. The first-order valence-electron chi connectivity index (χ1n) is 12.0. The molecule has 0 N–H and O–H groups in total. The average Bonchev–Trinajstić information content (AvgIpc) is 3.03. The molecule has 0 saturated heterocycles. The highest BCUT2D eigenvalue weighted by Gasteiger charge is 2.07. The smallest absolute Gasteiger partial charge is 0.268 e. The predicted octanol–water partition coefficient (Wildman–Crippen LogP) is 8.98. The molecule has 2 rings (SSSR count). The number of halogens is 1. The molecule has 0 atom stereocenters. The zero-order chi connectivity index (χ0) is 20.7. The molecule has 29 heavy (non-hydrogen) atoms. The van der Waals surface area contributed by atoms with Crippen molar-refractivity contribution in [2.45, 2.75) is 116 Å². The Morgan fingerprint density at radius 1 is 0.759 bits per heavy atom.